The van der Waals surface area contributed by atoms with Gasteiger partial charge in [-0.2, -0.15) is 0 Å². The summed E-state index contributed by atoms with van der Waals surface area (Å²) in [6.07, 6.45) is 2.58. The van der Waals surface area contributed by atoms with Crippen molar-refractivity contribution in [3.63, 3.8) is 0 Å². The topological polar surface area (TPSA) is 71.3 Å². The van der Waals surface area contributed by atoms with Crippen LogP contribution in [0, 0.1) is 0 Å². The van der Waals surface area contributed by atoms with Gasteiger partial charge in [0, 0.05) is 16.8 Å². The van der Waals surface area contributed by atoms with Crippen LogP contribution in [-0.2, 0) is 16.6 Å². The Morgan fingerprint density at radius 2 is 2.24 bits per heavy atom. The molecule has 21 heavy (non-hydrogen) atoms. The zero-order chi connectivity index (χ0) is 15.3. The molecule has 1 unspecified atom stereocenters. The van der Waals surface area contributed by atoms with E-state index in [-0.39, 0.29) is 0 Å². The average molecular weight is 328 g/mol. The third-order valence-electron chi connectivity index (χ3n) is 2.97. The summed E-state index contributed by atoms with van der Waals surface area (Å²) in [6, 6.07) is 4.81. The van der Waals surface area contributed by atoms with Crippen molar-refractivity contribution in [2.75, 3.05) is 6.54 Å². The molecule has 5 nitrogen and oxygen atoms in total. The summed E-state index contributed by atoms with van der Waals surface area (Å²) in [5.74, 6) is 0.596. The van der Waals surface area contributed by atoms with Crippen LogP contribution in [0.1, 0.15) is 36.9 Å². The fraction of sp³-hybridized carbons (Fsp3) is 0.429. The van der Waals surface area contributed by atoms with Gasteiger partial charge in [-0.05, 0) is 38.1 Å². The summed E-state index contributed by atoms with van der Waals surface area (Å²) in [5.41, 5.74) is 0. The maximum absolute atomic E-state index is 12.3. The molecule has 0 bridgehead atoms. The van der Waals surface area contributed by atoms with Crippen molar-refractivity contribution < 1.29 is 12.8 Å². The van der Waals surface area contributed by atoms with E-state index in [0.717, 1.165) is 17.8 Å². The largest absolute Gasteiger partial charge is 0.468 e. The van der Waals surface area contributed by atoms with Gasteiger partial charge in [0.15, 0.2) is 0 Å². The predicted octanol–water partition coefficient (Wildman–Crippen LogP) is 2.88. The van der Waals surface area contributed by atoms with Gasteiger partial charge in [0.25, 0.3) is 0 Å². The molecule has 2 aromatic heterocycles. The highest BCUT2D eigenvalue weighted by atomic mass is 32.2. The minimum absolute atomic E-state index is 0.305. The molecule has 0 spiro atoms. The van der Waals surface area contributed by atoms with E-state index in [0.29, 0.717) is 17.2 Å². The van der Waals surface area contributed by atoms with Crippen LogP contribution in [0.15, 0.2) is 39.2 Å². The second kappa shape index (κ2) is 7.22. The molecular formula is C14H20N2O3S2. The van der Waals surface area contributed by atoms with Gasteiger partial charge in [0.05, 0.1) is 17.2 Å². The lowest BCUT2D eigenvalue weighted by molar-refractivity contribution is 0.459. The first-order chi connectivity index (χ1) is 10.0. The molecule has 116 valence electrons. The number of nitrogens with one attached hydrogen (secondary N) is 2. The van der Waals surface area contributed by atoms with Gasteiger partial charge in [0.2, 0.25) is 10.0 Å². The second-order valence-electron chi connectivity index (χ2n) is 4.78. The third-order valence-corrected chi connectivity index (χ3v) is 5.57. The van der Waals surface area contributed by atoms with E-state index in [1.165, 1.54) is 17.6 Å². The molecule has 0 saturated carbocycles. The molecule has 0 aliphatic carbocycles. The van der Waals surface area contributed by atoms with Crippen molar-refractivity contribution in [3.05, 3.63) is 40.5 Å². The van der Waals surface area contributed by atoms with Crippen LogP contribution in [0.5, 0.6) is 0 Å². The number of rotatable bonds is 8. The van der Waals surface area contributed by atoms with Crippen LogP contribution in [-0.4, -0.2) is 15.0 Å². The summed E-state index contributed by atoms with van der Waals surface area (Å²) in [5, 5.41) is 4.93. The highest BCUT2D eigenvalue weighted by molar-refractivity contribution is 7.89. The van der Waals surface area contributed by atoms with E-state index < -0.39 is 16.1 Å². The Morgan fingerprint density at radius 3 is 2.90 bits per heavy atom. The lowest BCUT2D eigenvalue weighted by atomic mass is 10.3. The Balaban J connectivity index is 2.02. The fourth-order valence-corrected chi connectivity index (χ4v) is 4.34. The van der Waals surface area contributed by atoms with E-state index in [4.69, 9.17) is 4.42 Å². The van der Waals surface area contributed by atoms with Gasteiger partial charge in [-0.15, -0.1) is 11.3 Å². The molecule has 0 amide bonds. The Kier molecular flexibility index (Phi) is 5.58. The molecule has 2 rings (SSSR count). The Labute approximate surface area is 129 Å². The Bertz CT molecular complexity index is 648. The first kappa shape index (κ1) is 16.2. The first-order valence-electron chi connectivity index (χ1n) is 6.87. The monoisotopic (exact) mass is 328 g/mol. The van der Waals surface area contributed by atoms with E-state index in [1.807, 2.05) is 0 Å². The minimum Gasteiger partial charge on any atom is -0.468 e. The highest BCUT2D eigenvalue weighted by Crippen LogP contribution is 2.22. The van der Waals surface area contributed by atoms with Gasteiger partial charge in [0.1, 0.15) is 5.76 Å². The lowest BCUT2D eigenvalue weighted by Gasteiger charge is -2.10. The molecule has 7 heteroatoms. The molecule has 1 atom stereocenters. The van der Waals surface area contributed by atoms with Crippen molar-refractivity contribution in [2.24, 2.45) is 0 Å². The number of furan rings is 1. The summed E-state index contributed by atoms with van der Waals surface area (Å²) in [7, 11) is -3.52. The molecule has 0 aromatic carbocycles. The second-order valence-corrected chi connectivity index (χ2v) is 7.49. The first-order valence-corrected chi connectivity index (χ1v) is 9.23. The Hall–Kier alpha value is -1.15. The van der Waals surface area contributed by atoms with E-state index in [1.54, 1.807) is 30.5 Å². The maximum atomic E-state index is 12.3. The van der Waals surface area contributed by atoms with E-state index in [2.05, 4.69) is 17.0 Å². The van der Waals surface area contributed by atoms with Crippen LogP contribution in [0.2, 0.25) is 0 Å². The summed E-state index contributed by atoms with van der Waals surface area (Å²) < 4.78 is 32.5. The normalized spacial score (nSPS) is 13.4. The lowest BCUT2D eigenvalue weighted by Crippen LogP contribution is -2.26. The number of hydrogen-bond acceptors (Lipinski definition) is 5. The van der Waals surface area contributed by atoms with E-state index in [9.17, 15) is 8.42 Å². The van der Waals surface area contributed by atoms with Crippen molar-refractivity contribution in [1.82, 2.24) is 10.0 Å². The molecule has 0 saturated heterocycles. The standard InChI is InChI=1S/C14H20N2O3S2/c1-3-6-15-9-12-8-13(10-20-12)21(17,18)16-11(2)14-5-4-7-19-14/h4-5,7-8,10-11,15-16H,3,6,9H2,1-2H3. The van der Waals surface area contributed by atoms with Crippen molar-refractivity contribution in [2.45, 2.75) is 37.8 Å². The van der Waals surface area contributed by atoms with Crippen molar-refractivity contribution in [1.29, 1.82) is 0 Å². The molecule has 2 heterocycles. The number of sulfonamides is 1. The van der Waals surface area contributed by atoms with Crippen LogP contribution in [0.4, 0.5) is 0 Å². The molecule has 0 aliphatic rings. The zero-order valence-corrected chi connectivity index (χ0v) is 13.8. The zero-order valence-electron chi connectivity index (χ0n) is 12.1. The van der Waals surface area contributed by atoms with Gasteiger partial charge in [-0.3, -0.25) is 0 Å². The van der Waals surface area contributed by atoms with Crippen LogP contribution in [0.3, 0.4) is 0 Å². The number of thiophene rings is 1. The predicted molar refractivity (Wildman–Crippen MR) is 83.8 cm³/mol. The van der Waals surface area contributed by atoms with E-state index >= 15 is 0 Å². The number of hydrogen-bond donors (Lipinski definition) is 2. The summed E-state index contributed by atoms with van der Waals surface area (Å²) in [4.78, 5) is 1.31. The SMILES string of the molecule is CCCNCc1cc(S(=O)(=O)NC(C)c2ccco2)cs1. The van der Waals surface area contributed by atoms with Crippen molar-refractivity contribution in [3.8, 4) is 0 Å². The van der Waals surface area contributed by atoms with Crippen LogP contribution >= 0.6 is 11.3 Å². The van der Waals surface area contributed by atoms with Crippen LogP contribution < -0.4 is 10.0 Å². The average Bonchev–Trinajstić information content (AvgIpc) is 3.10. The van der Waals surface area contributed by atoms with Gasteiger partial charge in [-0.1, -0.05) is 6.92 Å². The van der Waals surface area contributed by atoms with Gasteiger partial charge >= 0.3 is 0 Å². The van der Waals surface area contributed by atoms with Crippen LogP contribution in [0.25, 0.3) is 0 Å². The Morgan fingerprint density at radius 1 is 1.43 bits per heavy atom. The molecule has 2 aromatic rings. The summed E-state index contributed by atoms with van der Waals surface area (Å²) in [6.45, 7) is 5.47. The highest BCUT2D eigenvalue weighted by Gasteiger charge is 2.21. The third kappa shape index (κ3) is 4.41. The molecule has 0 radical (unpaired) electrons. The minimum atomic E-state index is -3.52. The quantitative estimate of drug-likeness (QED) is 0.731. The molecule has 0 aliphatic heterocycles. The smallest absolute Gasteiger partial charge is 0.242 e. The maximum Gasteiger partial charge on any atom is 0.242 e. The molecular weight excluding hydrogens is 308 g/mol. The van der Waals surface area contributed by atoms with Gasteiger partial charge < -0.3 is 9.73 Å². The summed E-state index contributed by atoms with van der Waals surface area (Å²) >= 11 is 1.45. The van der Waals surface area contributed by atoms with Gasteiger partial charge in [-0.25, -0.2) is 13.1 Å². The molecule has 2 N–H and O–H groups in total. The van der Waals surface area contributed by atoms with Crippen molar-refractivity contribution >= 4 is 21.4 Å². The fourth-order valence-electron chi connectivity index (χ4n) is 1.88. The molecule has 0 fully saturated rings.